The Morgan fingerprint density at radius 2 is 1.00 bits per heavy atom. The number of hydrogen-bond donors (Lipinski definition) is 0. The Kier molecular flexibility index (Phi) is 7.01. The van der Waals surface area contributed by atoms with E-state index in [2.05, 4.69) is 195 Å². The van der Waals surface area contributed by atoms with Crippen molar-refractivity contribution in [1.29, 1.82) is 0 Å². The highest BCUT2D eigenvalue weighted by Gasteiger charge is 2.36. The van der Waals surface area contributed by atoms with Crippen LogP contribution in [0, 0.1) is 0 Å². The summed E-state index contributed by atoms with van der Waals surface area (Å²) in [5.41, 5.74) is 13.9. The summed E-state index contributed by atoms with van der Waals surface area (Å²) in [6.07, 6.45) is 0. The molecule has 11 rings (SSSR count). The van der Waals surface area contributed by atoms with Crippen LogP contribution < -0.4 is 4.90 Å². The van der Waals surface area contributed by atoms with E-state index in [4.69, 9.17) is 0 Å². The largest absolute Gasteiger partial charge is 0.309 e. The van der Waals surface area contributed by atoms with Crippen molar-refractivity contribution < 1.29 is 0 Å². The summed E-state index contributed by atoms with van der Waals surface area (Å²) in [7, 11) is 0. The van der Waals surface area contributed by atoms with Crippen LogP contribution in [-0.4, -0.2) is 0 Å². The Hall–Kier alpha value is -6.00. The Balaban J connectivity index is 1.11. The smallest absolute Gasteiger partial charge is 0.0640 e. The predicted octanol–water partition coefficient (Wildman–Crippen LogP) is 15.5. The van der Waals surface area contributed by atoms with Crippen molar-refractivity contribution in [3.05, 3.63) is 187 Å². The number of anilines is 3. The molecule has 1 aliphatic rings. The van der Waals surface area contributed by atoms with Gasteiger partial charge in [-0.3, -0.25) is 0 Å². The van der Waals surface area contributed by atoms with Gasteiger partial charge in [0.25, 0.3) is 0 Å². The minimum atomic E-state index is -0.112. The molecule has 0 spiro atoms. The van der Waals surface area contributed by atoms with Crippen LogP contribution in [0.4, 0.5) is 17.1 Å². The minimum absolute atomic E-state index is 0.112. The van der Waals surface area contributed by atoms with Crippen molar-refractivity contribution in [3.8, 4) is 33.4 Å². The molecule has 3 heteroatoms. The van der Waals surface area contributed by atoms with Gasteiger partial charge in [0, 0.05) is 52.4 Å². The third-order valence-corrected chi connectivity index (χ3v) is 13.8. The van der Waals surface area contributed by atoms with E-state index in [-0.39, 0.29) is 5.41 Å². The Labute approximate surface area is 323 Å². The Morgan fingerprint density at radius 1 is 0.389 bits per heavy atom. The first-order valence-electron chi connectivity index (χ1n) is 18.6. The molecule has 2 aromatic heterocycles. The summed E-state index contributed by atoms with van der Waals surface area (Å²) in [5.74, 6) is 0. The number of rotatable bonds is 5. The maximum Gasteiger partial charge on any atom is 0.0640 e. The average molecular weight is 726 g/mol. The van der Waals surface area contributed by atoms with E-state index in [0.29, 0.717) is 0 Å². The lowest BCUT2D eigenvalue weighted by Gasteiger charge is -2.27. The van der Waals surface area contributed by atoms with Crippen molar-refractivity contribution >= 4 is 80.1 Å². The van der Waals surface area contributed by atoms with Crippen LogP contribution in [0.15, 0.2) is 176 Å². The lowest BCUT2D eigenvalue weighted by Crippen LogP contribution is -2.15. The van der Waals surface area contributed by atoms with E-state index >= 15 is 0 Å². The van der Waals surface area contributed by atoms with Crippen molar-refractivity contribution in [3.63, 3.8) is 0 Å². The van der Waals surface area contributed by atoms with Gasteiger partial charge in [-0.15, -0.1) is 22.7 Å². The van der Waals surface area contributed by atoms with Crippen LogP contribution in [0.1, 0.15) is 25.0 Å². The molecule has 256 valence electrons. The Morgan fingerprint density at radius 3 is 1.80 bits per heavy atom. The lowest BCUT2D eigenvalue weighted by atomic mass is 9.81. The standard InChI is InChI=1S/C51H35NS2/c1-51(2)44-27-23-36(30-43(44)38-24-20-34(28-45(38)51)32-12-5-3-6-13-32)52(46-18-11-17-42-39-16-9-10-19-47(39)54-50(42)46)37-22-26-41-40-25-21-35(33-14-7-4-8-15-33)29-48(40)53-49(41)31-37/h3-31H,1-2H3. The van der Waals surface area contributed by atoms with Gasteiger partial charge in [0.2, 0.25) is 0 Å². The first-order chi connectivity index (χ1) is 26.5. The maximum atomic E-state index is 2.50. The summed E-state index contributed by atoms with van der Waals surface area (Å²) >= 11 is 3.77. The van der Waals surface area contributed by atoms with Crippen LogP contribution in [0.25, 0.3) is 73.7 Å². The first-order valence-corrected chi connectivity index (χ1v) is 20.2. The van der Waals surface area contributed by atoms with E-state index in [1.807, 2.05) is 22.7 Å². The molecule has 0 aliphatic heterocycles. The van der Waals surface area contributed by atoms with E-state index < -0.39 is 0 Å². The van der Waals surface area contributed by atoms with Gasteiger partial charge in [0.15, 0.2) is 0 Å². The number of benzene rings is 8. The zero-order valence-corrected chi connectivity index (χ0v) is 31.6. The van der Waals surface area contributed by atoms with Gasteiger partial charge in [-0.1, -0.05) is 141 Å². The number of hydrogen-bond acceptors (Lipinski definition) is 3. The fourth-order valence-corrected chi connectivity index (χ4v) is 11.1. The van der Waals surface area contributed by atoms with Crippen LogP contribution in [0.5, 0.6) is 0 Å². The van der Waals surface area contributed by atoms with Crippen LogP contribution in [-0.2, 0) is 5.41 Å². The predicted molar refractivity (Wildman–Crippen MR) is 235 cm³/mol. The molecule has 10 aromatic rings. The summed E-state index contributed by atoms with van der Waals surface area (Å²) < 4.78 is 5.22. The highest BCUT2D eigenvalue weighted by molar-refractivity contribution is 7.26. The summed E-state index contributed by atoms with van der Waals surface area (Å²) in [5, 5.41) is 5.23. The van der Waals surface area contributed by atoms with Crippen LogP contribution in [0.3, 0.4) is 0 Å². The second-order valence-electron chi connectivity index (χ2n) is 14.9. The van der Waals surface area contributed by atoms with Crippen molar-refractivity contribution in [1.82, 2.24) is 0 Å². The van der Waals surface area contributed by atoms with Crippen LogP contribution >= 0.6 is 22.7 Å². The normalized spacial score (nSPS) is 13.1. The SMILES string of the molecule is CC1(C)c2ccc(N(c3ccc4c(c3)sc3cc(-c5ccccc5)ccc34)c3cccc4c3sc3ccccc34)cc2-c2ccc(-c3ccccc3)cc21. The molecule has 0 bridgehead atoms. The fourth-order valence-electron chi connectivity index (χ4n) is 8.74. The molecule has 0 atom stereocenters. The second-order valence-corrected chi connectivity index (χ2v) is 17.1. The molecule has 8 aromatic carbocycles. The first kappa shape index (κ1) is 31.5. The van der Waals surface area contributed by atoms with Gasteiger partial charge < -0.3 is 4.90 Å². The average Bonchev–Trinajstić information content (AvgIpc) is 3.86. The molecule has 54 heavy (non-hydrogen) atoms. The molecule has 0 radical (unpaired) electrons. The molecule has 0 saturated carbocycles. The van der Waals surface area contributed by atoms with Gasteiger partial charge in [-0.05, 0) is 93.0 Å². The molecule has 0 fully saturated rings. The van der Waals surface area contributed by atoms with E-state index in [9.17, 15) is 0 Å². The monoisotopic (exact) mass is 725 g/mol. The maximum absolute atomic E-state index is 2.50. The molecule has 1 aliphatic carbocycles. The molecular weight excluding hydrogens is 691 g/mol. The Bertz CT molecular complexity index is 3080. The van der Waals surface area contributed by atoms with Gasteiger partial charge in [0.1, 0.15) is 0 Å². The molecular formula is C51H35NS2. The van der Waals surface area contributed by atoms with Crippen molar-refractivity contribution in [2.75, 3.05) is 4.90 Å². The number of thiophene rings is 2. The molecule has 2 heterocycles. The second kappa shape index (κ2) is 12.0. The lowest BCUT2D eigenvalue weighted by molar-refractivity contribution is 0.660. The summed E-state index contributed by atoms with van der Waals surface area (Å²) in [6.45, 7) is 4.75. The number of fused-ring (bicyclic) bond motifs is 9. The minimum Gasteiger partial charge on any atom is -0.309 e. The molecule has 0 saturated heterocycles. The fraction of sp³-hybridized carbons (Fsp3) is 0.0588. The topological polar surface area (TPSA) is 3.24 Å². The summed E-state index contributed by atoms with van der Waals surface area (Å²) in [4.78, 5) is 2.50. The zero-order valence-electron chi connectivity index (χ0n) is 30.0. The molecule has 0 unspecified atom stereocenters. The van der Waals surface area contributed by atoms with E-state index in [1.54, 1.807) is 0 Å². The van der Waals surface area contributed by atoms with E-state index in [0.717, 1.165) is 0 Å². The quantitative estimate of drug-likeness (QED) is 0.171. The van der Waals surface area contributed by atoms with Crippen LogP contribution in [0.2, 0.25) is 0 Å². The van der Waals surface area contributed by atoms with Gasteiger partial charge in [-0.25, -0.2) is 0 Å². The summed E-state index contributed by atoms with van der Waals surface area (Å²) in [6, 6.07) is 65.3. The van der Waals surface area contributed by atoms with Crippen molar-refractivity contribution in [2.24, 2.45) is 0 Å². The van der Waals surface area contributed by atoms with Gasteiger partial charge in [-0.2, -0.15) is 0 Å². The third-order valence-electron chi connectivity index (χ3n) is 11.5. The van der Waals surface area contributed by atoms with Gasteiger partial charge in [0.05, 0.1) is 10.4 Å². The molecule has 0 N–H and O–H groups in total. The highest BCUT2D eigenvalue weighted by Crippen LogP contribution is 2.53. The third kappa shape index (κ3) is 4.82. The van der Waals surface area contributed by atoms with Gasteiger partial charge >= 0.3 is 0 Å². The molecule has 1 nitrogen and oxygen atoms in total. The van der Waals surface area contributed by atoms with Crippen molar-refractivity contribution in [2.45, 2.75) is 19.3 Å². The number of nitrogens with zero attached hydrogens (tertiary/aromatic N) is 1. The van der Waals surface area contributed by atoms with E-state index in [1.165, 1.54) is 102 Å². The highest BCUT2D eigenvalue weighted by atomic mass is 32.1. The zero-order chi connectivity index (χ0) is 36.0. The molecule has 0 amide bonds.